The van der Waals surface area contributed by atoms with Gasteiger partial charge in [-0.3, -0.25) is 4.79 Å². The molecule has 0 saturated carbocycles. The lowest BCUT2D eigenvalue weighted by atomic mass is 10.0. The first-order chi connectivity index (χ1) is 14.2. The van der Waals surface area contributed by atoms with Gasteiger partial charge < -0.3 is 45.2 Å². The van der Waals surface area contributed by atoms with Gasteiger partial charge in [-0.1, -0.05) is 6.07 Å². The van der Waals surface area contributed by atoms with E-state index in [0.29, 0.717) is 5.56 Å². The summed E-state index contributed by atoms with van der Waals surface area (Å²) >= 11 is 0. The van der Waals surface area contributed by atoms with Crippen LogP contribution in [-0.2, 0) is 11.2 Å². The van der Waals surface area contributed by atoms with Crippen molar-refractivity contribution < 1.29 is 50.0 Å². The molecule has 0 unspecified atom stereocenters. The van der Waals surface area contributed by atoms with E-state index in [1.54, 1.807) is 0 Å². The molecule has 4 atom stereocenters. The molecule has 0 radical (unpaired) electrons. The maximum absolute atomic E-state index is 12.5. The first-order valence-electron chi connectivity index (χ1n) is 9.10. The van der Waals surface area contributed by atoms with Gasteiger partial charge in [0.15, 0.2) is 28.8 Å². The Balaban J connectivity index is 1.75. The number of aryl methyl sites for hydroxylation is 1. The Labute approximate surface area is 170 Å². The second-order valence-electron chi connectivity index (χ2n) is 6.92. The summed E-state index contributed by atoms with van der Waals surface area (Å²) in [6.07, 6.45) is -5.89. The summed E-state index contributed by atoms with van der Waals surface area (Å²) in [6.45, 7) is -0.345. The Morgan fingerprint density at radius 1 is 0.967 bits per heavy atom. The van der Waals surface area contributed by atoms with Crippen LogP contribution in [0.5, 0.6) is 28.7 Å². The molecule has 0 aromatic heterocycles. The summed E-state index contributed by atoms with van der Waals surface area (Å²) in [6, 6.07) is 6.46. The highest BCUT2D eigenvalue weighted by molar-refractivity contribution is 5.99. The van der Waals surface area contributed by atoms with Crippen LogP contribution in [0, 0.1) is 0 Å². The van der Waals surface area contributed by atoms with Crippen LogP contribution in [0.25, 0.3) is 0 Å². The van der Waals surface area contributed by atoms with Crippen LogP contribution >= 0.6 is 0 Å². The van der Waals surface area contributed by atoms with Crippen molar-refractivity contribution in [1.29, 1.82) is 0 Å². The van der Waals surface area contributed by atoms with Crippen molar-refractivity contribution in [2.24, 2.45) is 0 Å². The molecule has 1 aliphatic heterocycles. The third kappa shape index (κ3) is 4.41. The van der Waals surface area contributed by atoms with Crippen molar-refractivity contribution >= 4 is 5.78 Å². The maximum atomic E-state index is 12.5. The molecule has 2 aromatic carbocycles. The normalized spacial score (nSPS) is 23.8. The van der Waals surface area contributed by atoms with E-state index in [4.69, 9.17) is 9.47 Å². The molecule has 1 saturated heterocycles. The predicted octanol–water partition coefficient (Wildman–Crippen LogP) is 0.142. The number of Topliss-reactive ketones (excluding diaryl/α,β-unsaturated/α-hetero) is 1. The first-order valence-corrected chi connectivity index (χ1v) is 9.10. The fourth-order valence-corrected chi connectivity index (χ4v) is 3.02. The molecule has 0 bridgehead atoms. The quantitative estimate of drug-likeness (QED) is 0.250. The van der Waals surface area contributed by atoms with Crippen LogP contribution in [0.4, 0.5) is 0 Å². The highest BCUT2D eigenvalue weighted by Crippen LogP contribution is 2.40. The number of carbonyl (C=O) groups excluding carboxylic acids is 1. The molecule has 1 aliphatic rings. The Bertz CT molecular complexity index is 928. The number of rotatable bonds is 6. The number of phenols is 4. The van der Waals surface area contributed by atoms with E-state index in [-0.39, 0.29) is 36.5 Å². The summed E-state index contributed by atoms with van der Waals surface area (Å²) in [7, 11) is 0. The molecule has 3 rings (SSSR count). The predicted molar refractivity (Wildman–Crippen MR) is 101 cm³/mol. The van der Waals surface area contributed by atoms with Gasteiger partial charge in [0.25, 0.3) is 0 Å². The minimum Gasteiger partial charge on any atom is -0.504 e. The summed E-state index contributed by atoms with van der Waals surface area (Å²) in [5.41, 5.74) is 0.427. The van der Waals surface area contributed by atoms with Crippen molar-refractivity contribution in [3.8, 4) is 28.7 Å². The maximum Gasteiger partial charge on any atom is 0.229 e. The minimum atomic E-state index is -1.66. The molecule has 10 heteroatoms. The monoisotopic (exact) mass is 422 g/mol. The van der Waals surface area contributed by atoms with Crippen LogP contribution in [-0.4, -0.2) is 72.7 Å². The molecule has 10 nitrogen and oxygen atoms in total. The summed E-state index contributed by atoms with van der Waals surface area (Å²) in [4.78, 5) is 12.5. The Morgan fingerprint density at radius 2 is 1.67 bits per heavy atom. The third-order valence-electron chi connectivity index (χ3n) is 4.78. The molecule has 1 fully saturated rings. The van der Waals surface area contributed by atoms with Crippen LogP contribution < -0.4 is 4.74 Å². The number of hydrogen-bond acceptors (Lipinski definition) is 10. The highest BCUT2D eigenvalue weighted by atomic mass is 16.7. The number of carbonyl (C=O) groups is 1. The number of benzene rings is 2. The molecule has 0 spiro atoms. The van der Waals surface area contributed by atoms with E-state index in [1.807, 2.05) is 0 Å². The van der Waals surface area contributed by atoms with Crippen LogP contribution in [0.15, 0.2) is 30.3 Å². The van der Waals surface area contributed by atoms with E-state index >= 15 is 0 Å². The summed E-state index contributed by atoms with van der Waals surface area (Å²) in [5.74, 6) is -2.82. The molecule has 162 valence electrons. The molecule has 1 heterocycles. The molecule has 30 heavy (non-hydrogen) atoms. The van der Waals surface area contributed by atoms with E-state index in [0.717, 1.165) is 6.07 Å². The van der Waals surface area contributed by atoms with E-state index in [9.17, 15) is 40.5 Å². The van der Waals surface area contributed by atoms with Crippen molar-refractivity contribution in [2.45, 2.75) is 37.4 Å². The molecule has 0 aliphatic carbocycles. The lowest BCUT2D eigenvalue weighted by Gasteiger charge is -2.35. The van der Waals surface area contributed by atoms with Gasteiger partial charge in [-0.05, 0) is 36.2 Å². The van der Waals surface area contributed by atoms with Gasteiger partial charge in [0, 0.05) is 6.42 Å². The zero-order valence-electron chi connectivity index (χ0n) is 15.7. The fourth-order valence-electron chi connectivity index (χ4n) is 3.02. The number of hydrogen-bond donors (Lipinski definition) is 7. The lowest BCUT2D eigenvalue weighted by Crippen LogP contribution is -2.54. The number of phenolic OH excluding ortho intramolecular Hbond substituents is 4. The fraction of sp³-hybridized carbons (Fsp3) is 0.350. The SMILES string of the molecule is O=C(CCc1ccc(O)c(O)c1)c1ccc(O)c(O[C@@H]2OC[C@@H](O)[C@H](O)[C@H]2O)c1O. The van der Waals surface area contributed by atoms with Gasteiger partial charge in [-0.15, -0.1) is 0 Å². The molecular weight excluding hydrogens is 400 g/mol. The van der Waals surface area contributed by atoms with Crippen molar-refractivity contribution in [2.75, 3.05) is 6.61 Å². The number of ketones is 1. The Kier molecular flexibility index (Phi) is 6.32. The Morgan fingerprint density at radius 3 is 2.37 bits per heavy atom. The number of aromatic hydroxyl groups is 4. The van der Waals surface area contributed by atoms with E-state index in [2.05, 4.69) is 0 Å². The lowest BCUT2D eigenvalue weighted by molar-refractivity contribution is -0.242. The summed E-state index contributed by atoms with van der Waals surface area (Å²) < 4.78 is 10.4. The highest BCUT2D eigenvalue weighted by Gasteiger charge is 2.40. The van der Waals surface area contributed by atoms with Gasteiger partial charge >= 0.3 is 0 Å². The van der Waals surface area contributed by atoms with Crippen molar-refractivity contribution in [3.05, 3.63) is 41.5 Å². The van der Waals surface area contributed by atoms with Gasteiger partial charge in [0.1, 0.15) is 18.3 Å². The standard InChI is InChI=1S/C20H22O10/c21-11(4-1-9-2-5-12(22)14(24)7-9)10-3-6-13(23)19(16(10)26)30-20-18(28)17(27)15(25)8-29-20/h2-3,5-7,15,17-18,20,22-28H,1,4,8H2/t15-,17+,18-,20+/m1/s1. The number of ether oxygens (including phenoxy) is 2. The van der Waals surface area contributed by atoms with Crippen LogP contribution in [0.1, 0.15) is 22.3 Å². The van der Waals surface area contributed by atoms with Gasteiger partial charge in [0.05, 0.1) is 12.2 Å². The minimum absolute atomic E-state index is 0.0601. The van der Waals surface area contributed by atoms with Gasteiger partial charge in [-0.25, -0.2) is 0 Å². The molecule has 2 aromatic rings. The van der Waals surface area contributed by atoms with Gasteiger partial charge in [0.2, 0.25) is 12.0 Å². The first kappa shape index (κ1) is 21.7. The zero-order chi connectivity index (χ0) is 22.0. The van der Waals surface area contributed by atoms with Gasteiger partial charge in [-0.2, -0.15) is 0 Å². The topological polar surface area (TPSA) is 177 Å². The van der Waals surface area contributed by atoms with Crippen LogP contribution in [0.2, 0.25) is 0 Å². The second kappa shape index (κ2) is 8.76. The van der Waals surface area contributed by atoms with Crippen molar-refractivity contribution in [1.82, 2.24) is 0 Å². The second-order valence-corrected chi connectivity index (χ2v) is 6.92. The van der Waals surface area contributed by atoms with Crippen LogP contribution in [0.3, 0.4) is 0 Å². The van der Waals surface area contributed by atoms with E-state index < -0.39 is 47.6 Å². The molecule has 7 N–H and O–H groups in total. The van der Waals surface area contributed by atoms with Crippen molar-refractivity contribution in [3.63, 3.8) is 0 Å². The zero-order valence-corrected chi connectivity index (χ0v) is 15.7. The average Bonchev–Trinajstić information content (AvgIpc) is 2.71. The number of aliphatic hydroxyl groups is 3. The molecular formula is C20H22O10. The number of aliphatic hydroxyl groups excluding tert-OH is 3. The Hall–Kier alpha value is -3.05. The third-order valence-corrected chi connectivity index (χ3v) is 4.78. The molecule has 0 amide bonds. The summed E-state index contributed by atoms with van der Waals surface area (Å²) in [5, 5.41) is 68.4. The largest absolute Gasteiger partial charge is 0.504 e. The van der Waals surface area contributed by atoms with E-state index in [1.165, 1.54) is 24.3 Å². The average molecular weight is 422 g/mol. The smallest absolute Gasteiger partial charge is 0.229 e.